The van der Waals surface area contributed by atoms with Crippen LogP contribution >= 0.6 is 0 Å². The highest BCUT2D eigenvalue weighted by Crippen LogP contribution is 2.63. The molecule has 2 nitrogen and oxygen atoms in total. The maximum absolute atomic E-state index is 9.11. The minimum absolute atomic E-state index is 0.0178. The Morgan fingerprint density at radius 1 is 1.42 bits per heavy atom. The van der Waals surface area contributed by atoms with Gasteiger partial charge in [0.15, 0.2) is 0 Å². The van der Waals surface area contributed by atoms with Crippen molar-refractivity contribution in [2.75, 3.05) is 6.61 Å². The van der Waals surface area contributed by atoms with Crippen LogP contribution < -0.4 is 5.73 Å². The Bertz CT molecular complexity index is 171. The van der Waals surface area contributed by atoms with Crippen LogP contribution in [0.1, 0.15) is 40.0 Å². The molecular weight excluding hydrogens is 150 g/mol. The predicted octanol–water partition coefficient (Wildman–Crippen LogP) is 1.52. The highest BCUT2D eigenvalue weighted by Gasteiger charge is 2.64. The van der Waals surface area contributed by atoms with Crippen LogP contribution in [0.3, 0.4) is 0 Å². The smallest absolute Gasteiger partial charge is 0.0462 e. The third-order valence-corrected chi connectivity index (χ3v) is 3.98. The molecule has 3 unspecified atom stereocenters. The van der Waals surface area contributed by atoms with E-state index in [1.807, 2.05) is 0 Å². The number of hydrogen-bond acceptors (Lipinski definition) is 2. The van der Waals surface area contributed by atoms with Crippen molar-refractivity contribution in [1.82, 2.24) is 0 Å². The first kappa shape index (κ1) is 10.0. The van der Waals surface area contributed by atoms with Crippen LogP contribution in [0.4, 0.5) is 0 Å². The Morgan fingerprint density at radius 3 is 2.25 bits per heavy atom. The molecule has 0 saturated heterocycles. The summed E-state index contributed by atoms with van der Waals surface area (Å²) in [4.78, 5) is 0. The first-order valence-corrected chi connectivity index (χ1v) is 4.96. The van der Waals surface area contributed by atoms with E-state index in [4.69, 9.17) is 10.8 Å². The van der Waals surface area contributed by atoms with Gasteiger partial charge >= 0.3 is 0 Å². The van der Waals surface area contributed by atoms with Gasteiger partial charge < -0.3 is 10.8 Å². The molecule has 0 heterocycles. The van der Waals surface area contributed by atoms with Gasteiger partial charge in [-0.3, -0.25) is 0 Å². The molecule has 0 aliphatic heterocycles. The quantitative estimate of drug-likeness (QED) is 0.673. The average molecular weight is 171 g/mol. The first-order valence-electron chi connectivity index (χ1n) is 4.96. The third-order valence-electron chi connectivity index (χ3n) is 3.98. The second-order valence-corrected chi connectivity index (χ2v) is 4.28. The molecule has 0 radical (unpaired) electrons. The van der Waals surface area contributed by atoms with Crippen molar-refractivity contribution in [3.8, 4) is 0 Å². The summed E-state index contributed by atoms with van der Waals surface area (Å²) in [5.41, 5.74) is 6.45. The van der Waals surface area contributed by atoms with Crippen LogP contribution in [0.25, 0.3) is 0 Å². The second kappa shape index (κ2) is 3.00. The summed E-state index contributed by atoms with van der Waals surface area (Å²) < 4.78 is 0. The lowest BCUT2D eigenvalue weighted by molar-refractivity contribution is 0.154. The molecule has 0 amide bonds. The highest BCUT2D eigenvalue weighted by atomic mass is 16.3. The summed E-state index contributed by atoms with van der Waals surface area (Å²) in [5, 5.41) is 9.11. The number of aliphatic hydroxyl groups excluding tert-OH is 1. The topological polar surface area (TPSA) is 46.2 Å². The third kappa shape index (κ3) is 1.09. The number of hydrogen-bond donors (Lipinski definition) is 2. The van der Waals surface area contributed by atoms with Crippen molar-refractivity contribution in [2.24, 2.45) is 17.1 Å². The van der Waals surface area contributed by atoms with Gasteiger partial charge in [0.05, 0.1) is 0 Å². The van der Waals surface area contributed by atoms with Gasteiger partial charge in [0.1, 0.15) is 0 Å². The van der Waals surface area contributed by atoms with E-state index in [1.54, 1.807) is 0 Å². The lowest BCUT2D eigenvalue weighted by atomic mass is 9.83. The van der Waals surface area contributed by atoms with Crippen molar-refractivity contribution in [1.29, 1.82) is 0 Å². The van der Waals surface area contributed by atoms with Crippen LogP contribution in [-0.2, 0) is 0 Å². The molecular formula is C10H21NO. The summed E-state index contributed by atoms with van der Waals surface area (Å²) >= 11 is 0. The second-order valence-electron chi connectivity index (χ2n) is 4.28. The summed E-state index contributed by atoms with van der Waals surface area (Å²) in [7, 11) is 0. The summed E-state index contributed by atoms with van der Waals surface area (Å²) in [5.74, 6) is 0.354. The average Bonchev–Trinajstić information content (AvgIpc) is 2.73. The van der Waals surface area contributed by atoms with Gasteiger partial charge in [0.2, 0.25) is 0 Å². The van der Waals surface area contributed by atoms with Gasteiger partial charge in [-0.1, -0.05) is 20.8 Å². The van der Waals surface area contributed by atoms with Gasteiger partial charge in [0.25, 0.3) is 0 Å². The van der Waals surface area contributed by atoms with E-state index in [0.29, 0.717) is 5.92 Å². The summed E-state index contributed by atoms with van der Waals surface area (Å²) in [6, 6.07) is 0. The molecule has 1 saturated carbocycles. The maximum atomic E-state index is 9.11. The zero-order chi connectivity index (χ0) is 9.41. The van der Waals surface area contributed by atoms with Crippen LogP contribution in [-0.4, -0.2) is 17.3 Å². The first-order chi connectivity index (χ1) is 5.56. The fourth-order valence-electron chi connectivity index (χ4n) is 2.66. The van der Waals surface area contributed by atoms with Crippen molar-refractivity contribution in [3.63, 3.8) is 0 Å². The van der Waals surface area contributed by atoms with E-state index in [1.165, 1.54) is 0 Å². The van der Waals surface area contributed by atoms with E-state index in [2.05, 4.69) is 20.8 Å². The molecule has 72 valence electrons. The minimum atomic E-state index is 0.0178. The van der Waals surface area contributed by atoms with E-state index in [0.717, 1.165) is 19.3 Å². The standard InChI is InChI=1S/C10H21NO/c1-4-9(8(3)6-12)7-10(9,11)5-2/h8,12H,4-7,11H2,1-3H3. The lowest BCUT2D eigenvalue weighted by Gasteiger charge is -2.25. The molecule has 3 N–H and O–H groups in total. The minimum Gasteiger partial charge on any atom is -0.396 e. The fourth-order valence-corrected chi connectivity index (χ4v) is 2.66. The summed E-state index contributed by atoms with van der Waals surface area (Å²) in [6.07, 6.45) is 3.22. The van der Waals surface area contributed by atoms with Gasteiger partial charge in [0, 0.05) is 12.1 Å². The molecule has 1 rings (SSSR count). The van der Waals surface area contributed by atoms with E-state index in [-0.39, 0.29) is 17.6 Å². The predicted molar refractivity (Wildman–Crippen MR) is 50.8 cm³/mol. The molecule has 1 aliphatic rings. The van der Waals surface area contributed by atoms with Gasteiger partial charge in [-0.25, -0.2) is 0 Å². The summed E-state index contributed by atoms with van der Waals surface area (Å²) in [6.45, 7) is 6.69. The van der Waals surface area contributed by atoms with Crippen LogP contribution in [0.2, 0.25) is 0 Å². The Hall–Kier alpha value is -0.0800. The van der Waals surface area contributed by atoms with Crippen molar-refractivity contribution in [3.05, 3.63) is 0 Å². The van der Waals surface area contributed by atoms with Crippen LogP contribution in [0.5, 0.6) is 0 Å². The lowest BCUT2D eigenvalue weighted by Crippen LogP contribution is -2.34. The van der Waals surface area contributed by atoms with E-state index >= 15 is 0 Å². The van der Waals surface area contributed by atoms with Crippen molar-refractivity contribution in [2.45, 2.75) is 45.6 Å². The largest absolute Gasteiger partial charge is 0.396 e. The molecule has 0 aromatic carbocycles. The Labute approximate surface area is 75.2 Å². The Morgan fingerprint density at radius 2 is 2.00 bits per heavy atom. The number of nitrogens with two attached hydrogens (primary N) is 1. The van der Waals surface area contributed by atoms with Crippen molar-refractivity contribution < 1.29 is 5.11 Å². The molecule has 1 aliphatic carbocycles. The zero-order valence-electron chi connectivity index (χ0n) is 8.43. The fraction of sp³-hybridized carbons (Fsp3) is 1.00. The van der Waals surface area contributed by atoms with E-state index in [9.17, 15) is 0 Å². The molecule has 0 spiro atoms. The SMILES string of the molecule is CCC1(N)CC1(CC)C(C)CO. The molecule has 1 fully saturated rings. The maximum Gasteiger partial charge on any atom is 0.0462 e. The van der Waals surface area contributed by atoms with Crippen molar-refractivity contribution >= 4 is 0 Å². The number of aliphatic hydroxyl groups is 1. The monoisotopic (exact) mass is 171 g/mol. The normalized spacial score (nSPS) is 42.8. The number of rotatable bonds is 4. The van der Waals surface area contributed by atoms with Gasteiger partial charge in [-0.15, -0.1) is 0 Å². The molecule has 2 heteroatoms. The molecule has 3 atom stereocenters. The van der Waals surface area contributed by atoms with Crippen LogP contribution in [0, 0.1) is 11.3 Å². The molecule has 0 bridgehead atoms. The molecule has 0 aromatic rings. The van der Waals surface area contributed by atoms with Gasteiger partial charge in [-0.2, -0.15) is 0 Å². The highest BCUT2D eigenvalue weighted by molar-refractivity contribution is 5.19. The van der Waals surface area contributed by atoms with Crippen LogP contribution in [0.15, 0.2) is 0 Å². The molecule has 0 aromatic heterocycles. The van der Waals surface area contributed by atoms with Gasteiger partial charge in [-0.05, 0) is 30.6 Å². The van der Waals surface area contributed by atoms with E-state index < -0.39 is 0 Å². The zero-order valence-corrected chi connectivity index (χ0v) is 8.43. The Balaban J connectivity index is 2.70. The molecule has 12 heavy (non-hydrogen) atoms. The Kier molecular flexibility index (Phi) is 2.50.